The molecule has 4 aromatic rings. The van der Waals surface area contributed by atoms with Gasteiger partial charge in [-0.15, -0.1) is 5.10 Å². The Hall–Kier alpha value is -3.41. The maximum Gasteiger partial charge on any atom is 0.273 e. The summed E-state index contributed by atoms with van der Waals surface area (Å²) in [5, 5.41) is 6.73. The Bertz CT molecular complexity index is 1290. The third kappa shape index (κ3) is 4.68. The van der Waals surface area contributed by atoms with E-state index in [2.05, 4.69) is 10.1 Å². The lowest BCUT2D eigenvalue weighted by molar-refractivity contribution is 0.0792. The second kappa shape index (κ2) is 9.16. The van der Waals surface area contributed by atoms with Crippen LogP contribution in [0.5, 0.6) is 0 Å². The molecule has 0 unspecified atom stereocenters. The number of carbonyl (C=O) groups is 1. The molecule has 0 aliphatic heterocycles. The van der Waals surface area contributed by atoms with Crippen LogP contribution in [0, 0.1) is 0 Å². The molecule has 3 aromatic carbocycles. The van der Waals surface area contributed by atoms with E-state index in [1.54, 1.807) is 37.6 Å². The lowest BCUT2D eigenvalue weighted by Gasteiger charge is -2.16. The first-order valence-electron chi connectivity index (χ1n) is 9.50. The molecule has 1 heterocycles. The molecule has 0 atom stereocenters. The largest absolute Gasteiger partial charge is 0.299 e. The number of amides is 1. The predicted molar refractivity (Wildman–Crippen MR) is 123 cm³/mol. The molecule has 0 aliphatic carbocycles. The van der Waals surface area contributed by atoms with Gasteiger partial charge in [0.05, 0.1) is 16.4 Å². The number of halogens is 2. The Morgan fingerprint density at radius 2 is 1.61 bits per heavy atom. The summed E-state index contributed by atoms with van der Waals surface area (Å²) < 4.78 is 1.87. The summed E-state index contributed by atoms with van der Waals surface area (Å²) >= 11 is 12.5. The highest BCUT2D eigenvalue weighted by Gasteiger charge is 2.12. The smallest absolute Gasteiger partial charge is 0.273 e. The highest BCUT2D eigenvalue weighted by molar-refractivity contribution is 6.35. The van der Waals surface area contributed by atoms with E-state index in [4.69, 9.17) is 23.2 Å². The highest BCUT2D eigenvalue weighted by atomic mass is 35.5. The third-order valence-electron chi connectivity index (χ3n) is 4.64. The number of nitrogens with zero attached hydrogens (tertiary/aromatic N) is 4. The molecule has 0 spiro atoms. The van der Waals surface area contributed by atoms with Crippen LogP contribution in [0.3, 0.4) is 0 Å². The molecule has 5 nitrogen and oxygen atoms in total. The minimum absolute atomic E-state index is 0.221. The number of hydrogen-bond acceptors (Lipinski definition) is 3. The van der Waals surface area contributed by atoms with Crippen molar-refractivity contribution in [3.05, 3.63) is 112 Å². The van der Waals surface area contributed by atoms with E-state index in [0.29, 0.717) is 21.1 Å². The number of hydrogen-bond donors (Lipinski definition) is 0. The van der Waals surface area contributed by atoms with Crippen LogP contribution in [0.1, 0.15) is 10.4 Å². The first-order valence-corrected chi connectivity index (χ1v) is 10.3. The van der Waals surface area contributed by atoms with Gasteiger partial charge in [-0.1, -0.05) is 71.7 Å². The normalized spacial score (nSPS) is 11.4. The number of rotatable bonds is 4. The Kier molecular flexibility index (Phi) is 6.16. The molecule has 31 heavy (non-hydrogen) atoms. The van der Waals surface area contributed by atoms with Gasteiger partial charge in [0.2, 0.25) is 0 Å². The standard InChI is InChI=1S/C24H18Cl2N4O/c1-29(24(31)18-10-6-3-7-11-18)28-23-15-22(17-8-4-2-5-9-17)30(16-27-23)21-13-12-19(25)14-20(21)26/h2-16H,1H3. The first kappa shape index (κ1) is 20.8. The predicted octanol–water partition coefficient (Wildman–Crippen LogP) is 5.43. The van der Waals surface area contributed by atoms with Crippen molar-refractivity contribution in [3.63, 3.8) is 0 Å². The molecule has 154 valence electrons. The molecule has 1 aromatic heterocycles. The molecule has 0 saturated heterocycles. The topological polar surface area (TPSA) is 50.5 Å². The molecule has 0 aliphatic rings. The molecule has 0 bridgehead atoms. The molecular formula is C24H18Cl2N4O. The fourth-order valence-corrected chi connectivity index (χ4v) is 3.63. The van der Waals surface area contributed by atoms with Gasteiger partial charge in [0.25, 0.3) is 5.91 Å². The summed E-state index contributed by atoms with van der Waals surface area (Å²) in [5.74, 6) is -0.221. The average molecular weight is 449 g/mol. The Balaban J connectivity index is 1.81. The molecule has 0 radical (unpaired) electrons. The van der Waals surface area contributed by atoms with Crippen molar-refractivity contribution in [2.75, 3.05) is 7.05 Å². The summed E-state index contributed by atoms with van der Waals surface area (Å²) in [6.45, 7) is 0. The van der Waals surface area contributed by atoms with Crippen molar-refractivity contribution in [3.8, 4) is 16.9 Å². The van der Waals surface area contributed by atoms with Gasteiger partial charge in [0, 0.05) is 23.7 Å². The summed E-state index contributed by atoms with van der Waals surface area (Å²) in [6, 6.07) is 25.9. The number of benzene rings is 3. The van der Waals surface area contributed by atoms with Crippen LogP contribution in [0.2, 0.25) is 10.0 Å². The average Bonchev–Trinajstić information content (AvgIpc) is 2.80. The third-order valence-corrected chi connectivity index (χ3v) is 5.17. The van der Waals surface area contributed by atoms with Crippen LogP contribution in [-0.4, -0.2) is 27.5 Å². The molecular weight excluding hydrogens is 431 g/mol. The van der Waals surface area contributed by atoms with Crippen LogP contribution in [-0.2, 0) is 0 Å². The van der Waals surface area contributed by atoms with Gasteiger partial charge in [0.1, 0.15) is 6.33 Å². The Labute approximate surface area is 189 Å². The fraction of sp³-hybridized carbons (Fsp3) is 0.0417. The Morgan fingerprint density at radius 3 is 2.29 bits per heavy atom. The fourth-order valence-electron chi connectivity index (χ4n) is 3.13. The number of aromatic nitrogens is 2. The molecule has 4 rings (SSSR count). The van der Waals surface area contributed by atoms with Gasteiger partial charge in [-0.05, 0) is 35.9 Å². The summed E-state index contributed by atoms with van der Waals surface area (Å²) in [6.07, 6.45) is 1.64. The van der Waals surface area contributed by atoms with Gasteiger partial charge in [-0.2, -0.15) is 0 Å². The van der Waals surface area contributed by atoms with Gasteiger partial charge in [-0.3, -0.25) is 9.36 Å². The minimum atomic E-state index is -0.221. The molecule has 0 saturated carbocycles. The second-order valence-electron chi connectivity index (χ2n) is 6.76. The second-order valence-corrected chi connectivity index (χ2v) is 7.60. The van der Waals surface area contributed by atoms with E-state index in [9.17, 15) is 4.79 Å². The van der Waals surface area contributed by atoms with Crippen LogP contribution in [0.4, 0.5) is 0 Å². The van der Waals surface area contributed by atoms with Crippen molar-refractivity contribution < 1.29 is 4.79 Å². The summed E-state index contributed by atoms with van der Waals surface area (Å²) in [4.78, 5) is 17.1. The maximum absolute atomic E-state index is 12.6. The van der Waals surface area contributed by atoms with E-state index in [-0.39, 0.29) is 5.91 Å². The van der Waals surface area contributed by atoms with Crippen LogP contribution in [0.25, 0.3) is 16.9 Å². The van der Waals surface area contributed by atoms with E-state index in [1.807, 2.05) is 65.2 Å². The van der Waals surface area contributed by atoms with Crippen molar-refractivity contribution in [1.82, 2.24) is 14.6 Å². The van der Waals surface area contributed by atoms with E-state index in [0.717, 1.165) is 16.9 Å². The van der Waals surface area contributed by atoms with Crippen molar-refractivity contribution >= 4 is 29.1 Å². The van der Waals surface area contributed by atoms with Crippen molar-refractivity contribution in [2.24, 2.45) is 5.10 Å². The van der Waals surface area contributed by atoms with Crippen LogP contribution in [0.15, 0.2) is 96.4 Å². The van der Waals surface area contributed by atoms with Crippen molar-refractivity contribution in [2.45, 2.75) is 0 Å². The lowest BCUT2D eigenvalue weighted by Crippen LogP contribution is -2.26. The monoisotopic (exact) mass is 448 g/mol. The van der Waals surface area contributed by atoms with Crippen LogP contribution < -0.4 is 5.49 Å². The van der Waals surface area contributed by atoms with Crippen molar-refractivity contribution in [1.29, 1.82) is 0 Å². The van der Waals surface area contributed by atoms with Gasteiger partial charge < -0.3 is 0 Å². The number of carbonyl (C=O) groups excluding carboxylic acids is 1. The minimum Gasteiger partial charge on any atom is -0.299 e. The summed E-state index contributed by atoms with van der Waals surface area (Å²) in [7, 11) is 1.61. The van der Waals surface area contributed by atoms with Crippen LogP contribution >= 0.6 is 23.2 Å². The van der Waals surface area contributed by atoms with Gasteiger partial charge in [-0.25, -0.2) is 9.99 Å². The van der Waals surface area contributed by atoms with Gasteiger partial charge >= 0.3 is 0 Å². The molecule has 0 fully saturated rings. The highest BCUT2D eigenvalue weighted by Crippen LogP contribution is 2.28. The van der Waals surface area contributed by atoms with E-state index >= 15 is 0 Å². The van der Waals surface area contributed by atoms with E-state index in [1.165, 1.54) is 5.01 Å². The molecule has 0 N–H and O–H groups in total. The zero-order valence-electron chi connectivity index (χ0n) is 16.6. The lowest BCUT2D eigenvalue weighted by atomic mass is 10.1. The zero-order chi connectivity index (χ0) is 21.8. The molecule has 7 heteroatoms. The SMILES string of the molecule is CN(N=c1cc(-c2ccccc2)n(-c2ccc(Cl)cc2Cl)cn1)C(=O)c1ccccc1. The quantitative estimate of drug-likeness (QED) is 0.390. The zero-order valence-corrected chi connectivity index (χ0v) is 18.1. The molecule has 1 amide bonds. The maximum atomic E-state index is 12.6. The Morgan fingerprint density at radius 1 is 0.935 bits per heavy atom. The summed E-state index contributed by atoms with van der Waals surface area (Å²) in [5.41, 5.74) is 3.45. The van der Waals surface area contributed by atoms with E-state index < -0.39 is 0 Å². The van der Waals surface area contributed by atoms with Gasteiger partial charge in [0.15, 0.2) is 5.49 Å². The first-order chi connectivity index (χ1) is 15.0.